The first kappa shape index (κ1) is 11.3. The first-order valence-corrected chi connectivity index (χ1v) is 5.78. The maximum atomic E-state index is 5.14. The summed E-state index contributed by atoms with van der Waals surface area (Å²) in [6.07, 6.45) is 0.663. The Hall–Kier alpha value is -1.20. The number of nitrogens with one attached hydrogen (secondary N) is 1. The molecule has 2 rings (SSSR count). The van der Waals surface area contributed by atoms with Crippen molar-refractivity contribution in [3.8, 4) is 0 Å². The van der Waals surface area contributed by atoms with Gasteiger partial charge in [0.2, 0.25) is 5.89 Å². The van der Waals surface area contributed by atoms with Gasteiger partial charge >= 0.3 is 0 Å². The lowest BCUT2D eigenvalue weighted by atomic mass is 10.1. The molecule has 0 fully saturated rings. The van der Waals surface area contributed by atoms with Crippen molar-refractivity contribution in [2.75, 3.05) is 7.05 Å². The molecule has 0 aliphatic carbocycles. The Balaban J connectivity index is 2.08. The van der Waals surface area contributed by atoms with Crippen LogP contribution >= 0.6 is 15.9 Å². The van der Waals surface area contributed by atoms with Crippen molar-refractivity contribution >= 4 is 15.9 Å². The van der Waals surface area contributed by atoms with Gasteiger partial charge < -0.3 is 9.84 Å². The Labute approximate surface area is 102 Å². The number of hydrogen-bond donors (Lipinski definition) is 1. The monoisotopic (exact) mass is 281 g/mol. The minimum absolute atomic E-state index is 0.627. The minimum atomic E-state index is 0.627. The van der Waals surface area contributed by atoms with Crippen molar-refractivity contribution in [2.45, 2.75) is 13.0 Å². The number of aromatic nitrogens is 2. The lowest BCUT2D eigenvalue weighted by Crippen LogP contribution is -2.06. The van der Waals surface area contributed by atoms with E-state index in [1.807, 2.05) is 31.3 Å². The van der Waals surface area contributed by atoms with Gasteiger partial charge in [0, 0.05) is 4.47 Å². The van der Waals surface area contributed by atoms with Gasteiger partial charge in [-0.2, -0.15) is 4.98 Å². The molecule has 0 bridgehead atoms. The predicted molar refractivity (Wildman–Crippen MR) is 64.0 cm³/mol. The highest BCUT2D eigenvalue weighted by Crippen LogP contribution is 2.14. The van der Waals surface area contributed by atoms with Gasteiger partial charge in [0.15, 0.2) is 5.82 Å². The number of hydrogen-bond acceptors (Lipinski definition) is 4. The van der Waals surface area contributed by atoms with Crippen LogP contribution in [0.3, 0.4) is 0 Å². The van der Waals surface area contributed by atoms with E-state index in [-0.39, 0.29) is 0 Å². The fraction of sp³-hybridized carbons (Fsp3) is 0.273. The molecule has 0 atom stereocenters. The van der Waals surface area contributed by atoms with Crippen molar-refractivity contribution in [1.82, 2.24) is 15.5 Å². The van der Waals surface area contributed by atoms with Crippen LogP contribution in [-0.2, 0) is 13.0 Å². The molecule has 1 aromatic carbocycles. The van der Waals surface area contributed by atoms with Crippen molar-refractivity contribution in [2.24, 2.45) is 0 Å². The van der Waals surface area contributed by atoms with Crippen molar-refractivity contribution < 1.29 is 4.52 Å². The van der Waals surface area contributed by atoms with E-state index >= 15 is 0 Å². The second kappa shape index (κ2) is 5.23. The van der Waals surface area contributed by atoms with Crippen molar-refractivity contribution in [1.29, 1.82) is 0 Å². The van der Waals surface area contributed by atoms with E-state index in [2.05, 4.69) is 31.4 Å². The Morgan fingerprint density at radius 1 is 1.44 bits per heavy atom. The highest BCUT2D eigenvalue weighted by molar-refractivity contribution is 9.10. The lowest BCUT2D eigenvalue weighted by Gasteiger charge is -1.96. The molecule has 0 spiro atoms. The minimum Gasteiger partial charge on any atom is -0.339 e. The van der Waals surface area contributed by atoms with Gasteiger partial charge in [-0.3, -0.25) is 0 Å². The van der Waals surface area contributed by atoms with Gasteiger partial charge in [-0.25, -0.2) is 0 Å². The molecule has 0 aliphatic rings. The molecule has 1 N–H and O–H groups in total. The number of nitrogens with zero attached hydrogens (tertiary/aromatic N) is 2. The van der Waals surface area contributed by atoms with Crippen LogP contribution in [0.2, 0.25) is 0 Å². The molecule has 4 nitrogen and oxygen atoms in total. The van der Waals surface area contributed by atoms with Crippen LogP contribution in [0.1, 0.15) is 17.3 Å². The molecule has 16 heavy (non-hydrogen) atoms. The average Bonchev–Trinajstić information content (AvgIpc) is 2.66. The van der Waals surface area contributed by atoms with Gasteiger partial charge in [-0.05, 0) is 24.7 Å². The maximum Gasteiger partial charge on any atom is 0.231 e. The van der Waals surface area contributed by atoms with E-state index in [1.165, 1.54) is 0 Å². The highest BCUT2D eigenvalue weighted by Gasteiger charge is 2.06. The predicted octanol–water partition coefficient (Wildman–Crippen LogP) is 2.14. The Kier molecular flexibility index (Phi) is 3.69. The molecule has 0 amide bonds. The summed E-state index contributed by atoms with van der Waals surface area (Å²) in [5, 5.41) is 6.84. The summed E-state index contributed by atoms with van der Waals surface area (Å²) < 4.78 is 6.20. The van der Waals surface area contributed by atoms with Gasteiger partial charge in [0.25, 0.3) is 0 Å². The fourth-order valence-corrected chi connectivity index (χ4v) is 1.86. The van der Waals surface area contributed by atoms with Gasteiger partial charge in [0.1, 0.15) is 0 Å². The molecule has 1 aromatic heterocycles. The smallest absolute Gasteiger partial charge is 0.231 e. The summed E-state index contributed by atoms with van der Waals surface area (Å²) in [6.45, 7) is 0.627. The molecular formula is C11H12BrN3O. The Bertz CT molecular complexity index is 470. The third kappa shape index (κ3) is 2.90. The van der Waals surface area contributed by atoms with E-state index in [0.717, 1.165) is 10.0 Å². The second-order valence-electron chi connectivity index (χ2n) is 3.44. The first-order chi connectivity index (χ1) is 7.78. The molecule has 0 saturated carbocycles. The summed E-state index contributed by atoms with van der Waals surface area (Å²) in [4.78, 5) is 4.27. The number of benzene rings is 1. The molecule has 2 aromatic rings. The van der Waals surface area contributed by atoms with Crippen LogP contribution in [0.4, 0.5) is 0 Å². The van der Waals surface area contributed by atoms with Gasteiger partial charge in [-0.15, -0.1) is 0 Å². The summed E-state index contributed by atoms with van der Waals surface area (Å²) in [5.41, 5.74) is 1.15. The molecule has 0 unspecified atom stereocenters. The first-order valence-electron chi connectivity index (χ1n) is 4.98. The summed E-state index contributed by atoms with van der Waals surface area (Å²) in [7, 11) is 1.85. The topological polar surface area (TPSA) is 51.0 Å². The molecule has 84 valence electrons. The zero-order chi connectivity index (χ0) is 11.4. The average molecular weight is 282 g/mol. The summed E-state index contributed by atoms with van der Waals surface area (Å²) >= 11 is 3.43. The van der Waals surface area contributed by atoms with Crippen molar-refractivity contribution in [3.05, 3.63) is 46.0 Å². The molecule has 1 heterocycles. The van der Waals surface area contributed by atoms with Crippen LogP contribution in [0.25, 0.3) is 0 Å². The lowest BCUT2D eigenvalue weighted by molar-refractivity contribution is 0.378. The van der Waals surface area contributed by atoms with Crippen molar-refractivity contribution in [3.63, 3.8) is 0 Å². The maximum absolute atomic E-state index is 5.14. The number of halogens is 1. The molecule has 0 saturated heterocycles. The van der Waals surface area contributed by atoms with Crippen LogP contribution in [-0.4, -0.2) is 17.2 Å². The molecule has 0 radical (unpaired) electrons. The Morgan fingerprint density at radius 2 is 2.31 bits per heavy atom. The van der Waals surface area contributed by atoms with Crippen LogP contribution in [0.5, 0.6) is 0 Å². The fourth-order valence-electron chi connectivity index (χ4n) is 1.41. The quantitative estimate of drug-likeness (QED) is 0.933. The highest BCUT2D eigenvalue weighted by atomic mass is 79.9. The molecular weight excluding hydrogens is 270 g/mol. The zero-order valence-corrected chi connectivity index (χ0v) is 10.5. The third-order valence-electron chi connectivity index (χ3n) is 2.09. The van der Waals surface area contributed by atoms with Gasteiger partial charge in [0.05, 0.1) is 13.0 Å². The third-order valence-corrected chi connectivity index (χ3v) is 2.58. The molecule has 0 aliphatic heterocycles. The molecule has 5 heteroatoms. The SMILES string of the molecule is CNCc1noc(Cc2cccc(Br)c2)n1. The van der Waals surface area contributed by atoms with E-state index in [1.54, 1.807) is 0 Å². The summed E-state index contributed by atoms with van der Waals surface area (Å²) in [5.74, 6) is 1.33. The van der Waals surface area contributed by atoms with E-state index < -0.39 is 0 Å². The van der Waals surface area contributed by atoms with E-state index in [4.69, 9.17) is 4.52 Å². The van der Waals surface area contributed by atoms with Crippen LogP contribution < -0.4 is 5.32 Å². The second-order valence-corrected chi connectivity index (χ2v) is 4.36. The van der Waals surface area contributed by atoms with Crippen LogP contribution in [0.15, 0.2) is 33.3 Å². The largest absolute Gasteiger partial charge is 0.339 e. The van der Waals surface area contributed by atoms with Crippen LogP contribution in [0, 0.1) is 0 Å². The normalized spacial score (nSPS) is 10.6. The summed E-state index contributed by atoms with van der Waals surface area (Å²) in [6, 6.07) is 8.06. The number of rotatable bonds is 4. The van der Waals surface area contributed by atoms with E-state index in [0.29, 0.717) is 24.7 Å². The van der Waals surface area contributed by atoms with Gasteiger partial charge in [-0.1, -0.05) is 33.2 Å². The Morgan fingerprint density at radius 3 is 3.06 bits per heavy atom. The van der Waals surface area contributed by atoms with E-state index in [9.17, 15) is 0 Å². The standard InChI is InChI=1S/C11H12BrN3O/c1-13-7-10-14-11(16-15-10)6-8-3-2-4-9(12)5-8/h2-5,13H,6-7H2,1H3. The zero-order valence-electron chi connectivity index (χ0n) is 8.90.